The highest BCUT2D eigenvalue weighted by Crippen LogP contribution is 2.37. The van der Waals surface area contributed by atoms with Crippen molar-refractivity contribution in [2.75, 3.05) is 5.75 Å². The van der Waals surface area contributed by atoms with Crippen molar-refractivity contribution in [3.8, 4) is 11.5 Å². The van der Waals surface area contributed by atoms with Crippen LogP contribution in [0.25, 0.3) is 22.6 Å². The molecule has 4 rings (SSSR count). The molecule has 1 unspecified atom stereocenters. The molecule has 4 heterocycles. The van der Waals surface area contributed by atoms with Gasteiger partial charge in [-0.15, -0.1) is 11.8 Å². The Hall–Kier alpha value is -2.03. The number of hydrogen-bond donors (Lipinski definition) is 0. The van der Waals surface area contributed by atoms with Crippen LogP contribution < -0.4 is 0 Å². The lowest BCUT2D eigenvalue weighted by atomic mass is 10.0. The van der Waals surface area contributed by atoms with E-state index >= 15 is 0 Å². The maximum absolute atomic E-state index is 13.0. The van der Waals surface area contributed by atoms with Crippen molar-refractivity contribution in [3.63, 3.8) is 0 Å². The van der Waals surface area contributed by atoms with E-state index in [0.717, 1.165) is 47.7 Å². The van der Waals surface area contributed by atoms with Crippen LogP contribution in [-0.2, 0) is 26.2 Å². The molecule has 144 valence electrons. The molecule has 27 heavy (non-hydrogen) atoms. The maximum Gasteiger partial charge on any atom is 0.433 e. The lowest BCUT2D eigenvalue weighted by molar-refractivity contribution is -0.141. The van der Waals surface area contributed by atoms with E-state index in [1.807, 2.05) is 0 Å². The molecule has 3 aromatic heterocycles. The first-order valence-electron chi connectivity index (χ1n) is 8.91. The molecule has 0 radical (unpaired) electrons. The fourth-order valence-corrected chi connectivity index (χ4v) is 4.41. The van der Waals surface area contributed by atoms with Gasteiger partial charge in [-0.1, -0.05) is 13.8 Å². The molecule has 0 amide bonds. The topological polar surface area (TPSA) is 48.5 Å². The Morgan fingerprint density at radius 1 is 1.30 bits per heavy atom. The number of pyridine rings is 1. The number of imidazole rings is 2. The molecule has 0 saturated heterocycles. The van der Waals surface area contributed by atoms with E-state index in [-0.39, 0.29) is 5.52 Å². The first-order valence-corrected chi connectivity index (χ1v) is 9.90. The zero-order valence-corrected chi connectivity index (χ0v) is 16.2. The van der Waals surface area contributed by atoms with Crippen LogP contribution in [0.15, 0.2) is 17.3 Å². The van der Waals surface area contributed by atoms with Gasteiger partial charge in [-0.05, 0) is 24.2 Å². The smallest absolute Gasteiger partial charge is 0.324 e. The standard InChI is InChI=1S/C18H20F3N5S/c1-4-27-17-15(24-14-6-5-10(2)9-26(14)17)16-23-11-7-13(18(19,20)21)22-8-12(11)25(16)3/h7-8,10H,4-6,9H2,1-3H3. The van der Waals surface area contributed by atoms with E-state index in [4.69, 9.17) is 4.98 Å². The van der Waals surface area contributed by atoms with Gasteiger partial charge in [-0.25, -0.2) is 15.0 Å². The summed E-state index contributed by atoms with van der Waals surface area (Å²) in [5.74, 6) is 3.07. The fraction of sp³-hybridized carbons (Fsp3) is 0.500. The van der Waals surface area contributed by atoms with Crippen LogP contribution >= 0.6 is 11.8 Å². The normalized spacial score (nSPS) is 17.5. The summed E-state index contributed by atoms with van der Waals surface area (Å²) in [5, 5.41) is 1.04. The zero-order valence-electron chi connectivity index (χ0n) is 15.3. The quantitative estimate of drug-likeness (QED) is 0.611. The highest BCUT2D eigenvalue weighted by atomic mass is 32.2. The van der Waals surface area contributed by atoms with Crippen LogP contribution in [0.1, 0.15) is 31.8 Å². The molecule has 1 atom stereocenters. The van der Waals surface area contributed by atoms with Crippen LogP contribution in [0.4, 0.5) is 13.2 Å². The molecule has 1 aliphatic rings. The Labute approximate surface area is 159 Å². The van der Waals surface area contributed by atoms with Crippen molar-refractivity contribution in [2.45, 2.75) is 44.4 Å². The summed E-state index contributed by atoms with van der Waals surface area (Å²) in [5.41, 5.74) is 0.658. The third-order valence-corrected chi connectivity index (χ3v) is 5.88. The van der Waals surface area contributed by atoms with Gasteiger partial charge in [0.2, 0.25) is 0 Å². The largest absolute Gasteiger partial charge is 0.433 e. The summed E-state index contributed by atoms with van der Waals surface area (Å²) in [6.07, 6.45) is -1.26. The summed E-state index contributed by atoms with van der Waals surface area (Å²) >= 11 is 1.70. The molecular weight excluding hydrogens is 375 g/mol. The monoisotopic (exact) mass is 395 g/mol. The number of rotatable bonds is 3. The first kappa shape index (κ1) is 18.3. The number of aromatic nitrogens is 5. The van der Waals surface area contributed by atoms with Crippen LogP contribution in [-0.4, -0.2) is 29.8 Å². The number of hydrogen-bond acceptors (Lipinski definition) is 4. The Kier molecular flexibility index (Phi) is 4.44. The molecule has 0 fully saturated rings. The van der Waals surface area contributed by atoms with Crippen molar-refractivity contribution in [1.29, 1.82) is 0 Å². The summed E-state index contributed by atoms with van der Waals surface area (Å²) in [7, 11) is 1.79. The van der Waals surface area contributed by atoms with Crippen LogP contribution in [0, 0.1) is 5.92 Å². The minimum Gasteiger partial charge on any atom is -0.324 e. The number of thioether (sulfide) groups is 1. The fourth-order valence-electron chi connectivity index (χ4n) is 3.52. The molecule has 0 aliphatic carbocycles. The van der Waals surface area contributed by atoms with E-state index < -0.39 is 11.9 Å². The molecule has 1 aliphatic heterocycles. The van der Waals surface area contributed by atoms with E-state index in [1.165, 1.54) is 6.20 Å². The predicted molar refractivity (Wildman–Crippen MR) is 98.6 cm³/mol. The van der Waals surface area contributed by atoms with Gasteiger partial charge in [0.05, 0.1) is 17.2 Å². The second-order valence-electron chi connectivity index (χ2n) is 6.92. The highest BCUT2D eigenvalue weighted by Gasteiger charge is 2.33. The first-order chi connectivity index (χ1) is 12.8. The third kappa shape index (κ3) is 3.11. The Bertz CT molecular complexity index is 1000. The van der Waals surface area contributed by atoms with E-state index in [0.29, 0.717) is 17.3 Å². The van der Waals surface area contributed by atoms with Gasteiger partial charge in [-0.3, -0.25) is 0 Å². The lowest BCUT2D eigenvalue weighted by Crippen LogP contribution is -2.18. The summed E-state index contributed by atoms with van der Waals surface area (Å²) in [6, 6.07) is 1.00. The number of nitrogens with zero attached hydrogens (tertiary/aromatic N) is 5. The predicted octanol–water partition coefficient (Wildman–Crippen LogP) is 4.54. The third-order valence-electron chi connectivity index (χ3n) is 4.91. The van der Waals surface area contributed by atoms with E-state index in [9.17, 15) is 13.2 Å². The van der Waals surface area contributed by atoms with Gasteiger partial charge >= 0.3 is 6.18 Å². The Morgan fingerprint density at radius 2 is 2.07 bits per heavy atom. The number of halogens is 3. The van der Waals surface area contributed by atoms with Gasteiger partial charge in [0.25, 0.3) is 0 Å². The SMILES string of the molecule is CCSc1c(-c2nc3cc(C(F)(F)F)ncc3n2C)nc2n1CC(C)CC2. The van der Waals surface area contributed by atoms with Crippen LogP contribution in [0.2, 0.25) is 0 Å². The van der Waals surface area contributed by atoms with Gasteiger partial charge in [0, 0.05) is 20.0 Å². The molecule has 9 heteroatoms. The van der Waals surface area contributed by atoms with Crippen LogP contribution in [0.3, 0.4) is 0 Å². The van der Waals surface area contributed by atoms with Crippen molar-refractivity contribution >= 4 is 22.8 Å². The molecule has 0 spiro atoms. The van der Waals surface area contributed by atoms with Gasteiger partial charge < -0.3 is 9.13 Å². The molecule has 5 nitrogen and oxygen atoms in total. The number of aryl methyl sites for hydroxylation is 2. The average molecular weight is 395 g/mol. The van der Waals surface area contributed by atoms with Gasteiger partial charge in [-0.2, -0.15) is 13.2 Å². The van der Waals surface area contributed by atoms with E-state index in [1.54, 1.807) is 23.4 Å². The summed E-state index contributed by atoms with van der Waals surface area (Å²) < 4.78 is 43.0. The van der Waals surface area contributed by atoms with Gasteiger partial charge in [0.15, 0.2) is 5.82 Å². The highest BCUT2D eigenvalue weighted by molar-refractivity contribution is 7.99. The summed E-state index contributed by atoms with van der Waals surface area (Å²) in [4.78, 5) is 12.9. The number of alkyl halides is 3. The zero-order chi connectivity index (χ0) is 19.3. The Balaban J connectivity index is 1.88. The molecule has 0 aromatic carbocycles. The molecule has 0 N–H and O–H groups in total. The lowest BCUT2D eigenvalue weighted by Gasteiger charge is -2.21. The number of fused-ring (bicyclic) bond motifs is 2. The van der Waals surface area contributed by atoms with Crippen molar-refractivity contribution < 1.29 is 13.2 Å². The van der Waals surface area contributed by atoms with Gasteiger partial charge in [0.1, 0.15) is 22.2 Å². The Morgan fingerprint density at radius 3 is 2.78 bits per heavy atom. The molecule has 0 bridgehead atoms. The summed E-state index contributed by atoms with van der Waals surface area (Å²) in [6.45, 7) is 5.21. The molecule has 0 saturated carbocycles. The second-order valence-corrected chi connectivity index (χ2v) is 8.17. The maximum atomic E-state index is 13.0. The van der Waals surface area contributed by atoms with Crippen LogP contribution in [0.5, 0.6) is 0 Å². The van der Waals surface area contributed by atoms with E-state index in [2.05, 4.69) is 28.4 Å². The van der Waals surface area contributed by atoms with Crippen molar-refractivity contribution in [3.05, 3.63) is 23.8 Å². The minimum absolute atomic E-state index is 0.279. The second kappa shape index (κ2) is 6.54. The average Bonchev–Trinajstić information content (AvgIpc) is 3.12. The van der Waals surface area contributed by atoms with Crippen molar-refractivity contribution in [2.24, 2.45) is 13.0 Å². The van der Waals surface area contributed by atoms with Crippen molar-refractivity contribution in [1.82, 2.24) is 24.1 Å². The molecule has 3 aromatic rings. The molecular formula is C18H20F3N5S. The minimum atomic E-state index is -4.49.